The number of aromatic nitrogens is 3. The van der Waals surface area contributed by atoms with Crippen LogP contribution >= 0.6 is 0 Å². The third-order valence-electron chi connectivity index (χ3n) is 3.25. The number of aryl methyl sites for hydroxylation is 1. The Morgan fingerprint density at radius 3 is 2.88 bits per heavy atom. The third kappa shape index (κ3) is 4.13. The van der Waals surface area contributed by atoms with Crippen molar-refractivity contribution in [1.82, 2.24) is 20.3 Å². The van der Waals surface area contributed by atoms with Crippen LogP contribution in [0.4, 0.5) is 0 Å². The Kier molecular flexibility index (Phi) is 4.76. The van der Waals surface area contributed by atoms with Gasteiger partial charge in [0.1, 0.15) is 5.75 Å². The molecule has 0 saturated heterocycles. The van der Waals surface area contributed by atoms with Crippen molar-refractivity contribution in [2.75, 3.05) is 0 Å². The van der Waals surface area contributed by atoms with Crippen LogP contribution in [0.2, 0.25) is 0 Å². The van der Waals surface area contributed by atoms with E-state index in [-0.39, 0.29) is 11.9 Å². The molecule has 3 rings (SSSR count). The molecule has 24 heavy (non-hydrogen) atoms. The zero-order valence-corrected chi connectivity index (χ0v) is 13.1. The first-order chi connectivity index (χ1) is 11.7. The number of nitrogens with zero attached hydrogens (tertiary/aromatic N) is 3. The molecule has 120 valence electrons. The van der Waals surface area contributed by atoms with E-state index in [2.05, 4.69) is 20.3 Å². The molecule has 6 heteroatoms. The highest BCUT2D eigenvalue weighted by atomic mass is 16.5. The van der Waals surface area contributed by atoms with E-state index in [1.807, 2.05) is 19.1 Å². The van der Waals surface area contributed by atoms with Crippen LogP contribution in [0, 0.1) is 6.92 Å². The van der Waals surface area contributed by atoms with Gasteiger partial charge in [0.25, 0.3) is 5.91 Å². The first kappa shape index (κ1) is 15.6. The summed E-state index contributed by atoms with van der Waals surface area (Å²) in [4.78, 5) is 24.5. The van der Waals surface area contributed by atoms with E-state index in [0.29, 0.717) is 17.9 Å². The van der Waals surface area contributed by atoms with Crippen LogP contribution in [0.15, 0.2) is 61.1 Å². The van der Waals surface area contributed by atoms with Crippen LogP contribution in [0.1, 0.15) is 21.6 Å². The Hall–Kier alpha value is -3.28. The van der Waals surface area contributed by atoms with Gasteiger partial charge in [0.2, 0.25) is 0 Å². The van der Waals surface area contributed by atoms with Crippen LogP contribution in [0.25, 0.3) is 0 Å². The Morgan fingerprint density at radius 1 is 1.17 bits per heavy atom. The maximum atomic E-state index is 12.3. The molecule has 0 saturated carbocycles. The lowest BCUT2D eigenvalue weighted by atomic mass is 10.2. The van der Waals surface area contributed by atoms with Crippen LogP contribution in [-0.4, -0.2) is 20.9 Å². The molecule has 0 aliphatic heterocycles. The van der Waals surface area contributed by atoms with Crippen LogP contribution < -0.4 is 10.1 Å². The van der Waals surface area contributed by atoms with E-state index < -0.39 is 0 Å². The molecule has 0 fully saturated rings. The Morgan fingerprint density at radius 2 is 2.08 bits per heavy atom. The van der Waals surface area contributed by atoms with E-state index >= 15 is 0 Å². The Labute approximate surface area is 139 Å². The zero-order valence-electron chi connectivity index (χ0n) is 13.1. The van der Waals surface area contributed by atoms with E-state index in [9.17, 15) is 4.79 Å². The molecule has 0 aliphatic carbocycles. The average molecular weight is 320 g/mol. The van der Waals surface area contributed by atoms with Crippen LogP contribution in [0.3, 0.4) is 0 Å². The lowest BCUT2D eigenvalue weighted by molar-refractivity contribution is 0.0950. The lowest BCUT2D eigenvalue weighted by Gasteiger charge is -2.08. The summed E-state index contributed by atoms with van der Waals surface area (Å²) >= 11 is 0. The molecule has 2 heterocycles. The molecule has 0 spiro atoms. The van der Waals surface area contributed by atoms with Gasteiger partial charge >= 0.3 is 6.01 Å². The highest BCUT2D eigenvalue weighted by molar-refractivity contribution is 5.94. The van der Waals surface area contributed by atoms with Gasteiger partial charge in [-0.25, -0.2) is 9.97 Å². The number of carbonyl (C=O) groups is 1. The highest BCUT2D eigenvalue weighted by Crippen LogP contribution is 2.19. The molecule has 0 unspecified atom stereocenters. The van der Waals surface area contributed by atoms with Crippen molar-refractivity contribution in [1.29, 1.82) is 0 Å². The lowest BCUT2D eigenvalue weighted by Crippen LogP contribution is -2.22. The van der Waals surface area contributed by atoms with Gasteiger partial charge in [-0.05, 0) is 42.8 Å². The smallest absolute Gasteiger partial charge is 0.322 e. The summed E-state index contributed by atoms with van der Waals surface area (Å²) in [6.07, 6.45) is 5.04. The van der Waals surface area contributed by atoms with Crippen molar-refractivity contribution in [3.8, 4) is 11.8 Å². The van der Waals surface area contributed by atoms with Crippen molar-refractivity contribution in [2.45, 2.75) is 13.5 Å². The van der Waals surface area contributed by atoms with Gasteiger partial charge in [-0.2, -0.15) is 0 Å². The summed E-state index contributed by atoms with van der Waals surface area (Å²) in [6, 6.07) is 12.7. The maximum Gasteiger partial charge on any atom is 0.322 e. The average Bonchev–Trinajstić information content (AvgIpc) is 2.61. The van der Waals surface area contributed by atoms with Crippen molar-refractivity contribution in [3.05, 3.63) is 77.9 Å². The van der Waals surface area contributed by atoms with Gasteiger partial charge in [-0.1, -0.05) is 12.1 Å². The summed E-state index contributed by atoms with van der Waals surface area (Å²) < 4.78 is 5.60. The second-order valence-electron chi connectivity index (χ2n) is 5.15. The van der Waals surface area contributed by atoms with Gasteiger partial charge in [0.05, 0.1) is 0 Å². The Bertz CT molecular complexity index is 837. The quantitative estimate of drug-likeness (QED) is 0.782. The summed E-state index contributed by atoms with van der Waals surface area (Å²) in [5.41, 5.74) is 2.25. The Balaban J connectivity index is 1.67. The second-order valence-corrected chi connectivity index (χ2v) is 5.15. The van der Waals surface area contributed by atoms with Gasteiger partial charge in [-0.3, -0.25) is 9.78 Å². The first-order valence-corrected chi connectivity index (χ1v) is 7.45. The molecule has 0 radical (unpaired) electrons. The molecule has 1 N–H and O–H groups in total. The number of amides is 1. The third-order valence-corrected chi connectivity index (χ3v) is 3.25. The zero-order chi connectivity index (χ0) is 16.8. The van der Waals surface area contributed by atoms with E-state index in [4.69, 9.17) is 4.74 Å². The number of pyridine rings is 1. The number of benzene rings is 1. The van der Waals surface area contributed by atoms with Crippen molar-refractivity contribution < 1.29 is 9.53 Å². The van der Waals surface area contributed by atoms with E-state index in [1.54, 1.807) is 48.9 Å². The first-order valence-electron chi connectivity index (χ1n) is 7.45. The van der Waals surface area contributed by atoms with Crippen molar-refractivity contribution in [3.63, 3.8) is 0 Å². The number of nitrogens with one attached hydrogen (secondary N) is 1. The highest BCUT2D eigenvalue weighted by Gasteiger charge is 2.08. The topological polar surface area (TPSA) is 77.0 Å². The van der Waals surface area contributed by atoms with Gasteiger partial charge in [0.15, 0.2) is 0 Å². The SMILES string of the molecule is Cc1ccnc(Oc2cccc(C(=O)NCc3cccnc3)c2)n1. The van der Waals surface area contributed by atoms with E-state index in [1.165, 1.54) is 0 Å². The monoisotopic (exact) mass is 320 g/mol. The molecule has 1 amide bonds. The fraction of sp³-hybridized carbons (Fsp3) is 0.111. The largest absolute Gasteiger partial charge is 0.424 e. The van der Waals surface area contributed by atoms with Gasteiger partial charge < -0.3 is 10.1 Å². The van der Waals surface area contributed by atoms with E-state index in [0.717, 1.165) is 11.3 Å². The van der Waals surface area contributed by atoms with Gasteiger partial charge in [0, 0.05) is 36.4 Å². The standard InChI is InChI=1S/C18H16N4O2/c1-13-7-9-20-18(22-13)24-16-6-2-5-15(10-16)17(23)21-12-14-4-3-8-19-11-14/h2-11H,12H2,1H3,(H,21,23). The molecular weight excluding hydrogens is 304 g/mol. The number of rotatable bonds is 5. The predicted molar refractivity (Wildman–Crippen MR) is 88.7 cm³/mol. The van der Waals surface area contributed by atoms with Gasteiger partial charge in [-0.15, -0.1) is 0 Å². The molecule has 0 bridgehead atoms. The molecule has 2 aromatic heterocycles. The summed E-state index contributed by atoms with van der Waals surface area (Å²) in [7, 11) is 0. The minimum absolute atomic E-state index is 0.186. The maximum absolute atomic E-state index is 12.3. The van der Waals surface area contributed by atoms with Crippen molar-refractivity contribution >= 4 is 5.91 Å². The molecule has 3 aromatic rings. The number of carbonyl (C=O) groups excluding carboxylic acids is 1. The molecule has 1 aromatic carbocycles. The minimum Gasteiger partial charge on any atom is -0.424 e. The molecular formula is C18H16N4O2. The molecule has 0 atom stereocenters. The number of hydrogen-bond donors (Lipinski definition) is 1. The fourth-order valence-corrected chi connectivity index (χ4v) is 2.07. The van der Waals surface area contributed by atoms with Crippen LogP contribution in [0.5, 0.6) is 11.8 Å². The number of ether oxygens (including phenoxy) is 1. The minimum atomic E-state index is -0.186. The molecule has 0 aliphatic rings. The summed E-state index contributed by atoms with van der Waals surface area (Å²) in [5.74, 6) is 0.323. The second kappa shape index (κ2) is 7.32. The number of hydrogen-bond acceptors (Lipinski definition) is 5. The normalized spacial score (nSPS) is 10.2. The summed E-state index contributed by atoms with van der Waals surface area (Å²) in [5, 5.41) is 2.85. The summed E-state index contributed by atoms with van der Waals surface area (Å²) in [6.45, 7) is 2.27. The molecule has 6 nitrogen and oxygen atoms in total. The van der Waals surface area contributed by atoms with Crippen LogP contribution in [-0.2, 0) is 6.54 Å². The fourth-order valence-electron chi connectivity index (χ4n) is 2.07. The van der Waals surface area contributed by atoms with Crippen molar-refractivity contribution in [2.24, 2.45) is 0 Å². The predicted octanol–water partition coefficient (Wildman–Crippen LogP) is 2.90.